The Morgan fingerprint density at radius 3 is 2.59 bits per heavy atom. The fourth-order valence-electron chi connectivity index (χ4n) is 4.46. The van der Waals surface area contributed by atoms with Crippen LogP contribution in [0.1, 0.15) is 43.2 Å². The quantitative estimate of drug-likeness (QED) is 0.604. The molecule has 0 aromatic heterocycles. The first-order valence-electron chi connectivity index (χ1n) is 10.6. The van der Waals surface area contributed by atoms with Gasteiger partial charge in [-0.15, -0.1) is 0 Å². The molecule has 2 aliphatic carbocycles. The number of benzene rings is 2. The van der Waals surface area contributed by atoms with Crippen LogP contribution in [0.2, 0.25) is 0 Å². The third kappa shape index (κ3) is 4.92. The van der Waals surface area contributed by atoms with Crippen LogP contribution in [0.3, 0.4) is 0 Å². The number of hydrogen-bond donors (Lipinski definition) is 1. The first kappa shape index (κ1) is 19.8. The Morgan fingerprint density at radius 2 is 1.86 bits per heavy atom. The van der Waals surface area contributed by atoms with Crippen molar-refractivity contribution in [3.63, 3.8) is 0 Å². The molecule has 4 atom stereocenters. The van der Waals surface area contributed by atoms with E-state index in [1.165, 1.54) is 12.0 Å². The van der Waals surface area contributed by atoms with Gasteiger partial charge in [-0.2, -0.15) is 0 Å². The fraction of sp³-hybridized carbons (Fsp3) is 0.480. The van der Waals surface area contributed by atoms with Crippen molar-refractivity contribution in [3.8, 4) is 11.5 Å². The lowest BCUT2D eigenvalue weighted by Gasteiger charge is -2.21. The first-order valence-corrected chi connectivity index (χ1v) is 10.6. The molecule has 2 aromatic rings. The minimum absolute atomic E-state index is 0.0813. The molecule has 2 unspecified atom stereocenters. The number of ether oxygens (including phenoxy) is 2. The maximum absolute atomic E-state index is 11.5. The van der Waals surface area contributed by atoms with Crippen molar-refractivity contribution in [2.24, 2.45) is 23.7 Å². The van der Waals surface area contributed by atoms with Crippen LogP contribution < -0.4 is 9.47 Å². The zero-order valence-electron chi connectivity index (χ0n) is 17.2. The van der Waals surface area contributed by atoms with Gasteiger partial charge < -0.3 is 14.6 Å². The summed E-state index contributed by atoms with van der Waals surface area (Å²) >= 11 is 0. The highest BCUT2D eigenvalue weighted by Gasteiger charge is 2.39. The highest BCUT2D eigenvalue weighted by molar-refractivity contribution is 5.71. The maximum Gasteiger partial charge on any atom is 0.306 e. The lowest BCUT2D eigenvalue weighted by atomic mass is 9.83. The molecular formula is C25H30O4. The van der Waals surface area contributed by atoms with Crippen LogP contribution in [-0.2, 0) is 11.2 Å². The summed E-state index contributed by atoms with van der Waals surface area (Å²) in [6.45, 7) is 2.55. The molecule has 1 N–H and O–H groups in total. The van der Waals surface area contributed by atoms with Crippen LogP contribution in [0.4, 0.5) is 0 Å². The Kier molecular flexibility index (Phi) is 5.79. The molecule has 0 saturated heterocycles. The minimum atomic E-state index is -0.716. The Bertz CT molecular complexity index is 857. The topological polar surface area (TPSA) is 55.8 Å². The molecule has 2 saturated carbocycles. The number of methoxy groups -OCH3 is 1. The summed E-state index contributed by atoms with van der Waals surface area (Å²) in [6.07, 6.45) is 4.51. The van der Waals surface area contributed by atoms with E-state index < -0.39 is 5.97 Å². The third-order valence-corrected chi connectivity index (χ3v) is 6.47. The molecule has 29 heavy (non-hydrogen) atoms. The van der Waals surface area contributed by atoms with Gasteiger partial charge in [0.1, 0.15) is 11.5 Å². The average molecular weight is 395 g/mol. The van der Waals surface area contributed by atoms with Gasteiger partial charge in [0, 0.05) is 0 Å². The zero-order chi connectivity index (χ0) is 20.4. The molecule has 0 aliphatic heterocycles. The smallest absolute Gasteiger partial charge is 0.306 e. The second-order valence-electron chi connectivity index (χ2n) is 8.69. The van der Waals surface area contributed by atoms with Crippen LogP contribution in [0.5, 0.6) is 11.5 Å². The van der Waals surface area contributed by atoms with E-state index in [9.17, 15) is 9.90 Å². The van der Waals surface area contributed by atoms with Crippen molar-refractivity contribution in [2.75, 3.05) is 13.7 Å². The molecule has 2 fully saturated rings. The molecule has 0 bridgehead atoms. The standard InChI is InChI=1S/C25H30O4/c1-16(25(26)27)24(18-9-10-18)19-6-4-8-23(14-19)29-15-21-13-20(21)11-17-5-3-7-22(12-17)28-2/h3-8,12,14,16,18,20-21,24H,9-11,13,15H2,1-2H3,(H,26,27)/t16?,20-,21+,24?/m0/s1. The van der Waals surface area contributed by atoms with E-state index in [-0.39, 0.29) is 11.8 Å². The van der Waals surface area contributed by atoms with E-state index in [2.05, 4.69) is 24.3 Å². The van der Waals surface area contributed by atoms with Crippen molar-refractivity contribution >= 4 is 5.97 Å². The highest BCUT2D eigenvalue weighted by atomic mass is 16.5. The Hall–Kier alpha value is -2.49. The molecule has 154 valence electrons. The maximum atomic E-state index is 11.5. The van der Waals surface area contributed by atoms with Crippen molar-refractivity contribution in [1.82, 2.24) is 0 Å². The van der Waals surface area contributed by atoms with Crippen molar-refractivity contribution in [1.29, 1.82) is 0 Å². The third-order valence-electron chi connectivity index (χ3n) is 6.47. The molecule has 4 rings (SSSR count). The van der Waals surface area contributed by atoms with Gasteiger partial charge in [0.15, 0.2) is 0 Å². The van der Waals surface area contributed by atoms with Crippen molar-refractivity contribution in [2.45, 2.75) is 38.5 Å². The molecule has 0 amide bonds. The van der Waals surface area contributed by atoms with Crippen LogP contribution >= 0.6 is 0 Å². The molecule has 2 aromatic carbocycles. The minimum Gasteiger partial charge on any atom is -0.497 e. The monoisotopic (exact) mass is 394 g/mol. The summed E-state index contributed by atoms with van der Waals surface area (Å²) in [7, 11) is 1.70. The lowest BCUT2D eigenvalue weighted by molar-refractivity contribution is -0.142. The number of carboxylic acid groups (broad SMARTS) is 1. The van der Waals surface area contributed by atoms with Gasteiger partial charge in [-0.3, -0.25) is 4.79 Å². The summed E-state index contributed by atoms with van der Waals surface area (Å²) in [4.78, 5) is 11.5. The van der Waals surface area contributed by atoms with Gasteiger partial charge in [0.05, 0.1) is 19.6 Å². The van der Waals surface area contributed by atoms with E-state index in [4.69, 9.17) is 9.47 Å². The summed E-state index contributed by atoms with van der Waals surface area (Å²) in [5.41, 5.74) is 2.41. The summed E-state index contributed by atoms with van der Waals surface area (Å²) < 4.78 is 11.4. The normalized spacial score (nSPS) is 22.6. The average Bonchev–Trinajstić information content (AvgIpc) is 3.64. The SMILES string of the molecule is COc1cccc(C[C@H]2C[C@@H]2COc2cccc(C(C3CC3)C(C)C(=O)O)c2)c1. The van der Waals surface area contributed by atoms with Gasteiger partial charge in [-0.1, -0.05) is 31.2 Å². The molecule has 0 spiro atoms. The zero-order valence-corrected chi connectivity index (χ0v) is 17.2. The summed E-state index contributed by atoms with van der Waals surface area (Å²) in [5.74, 6) is 2.51. The first-order chi connectivity index (χ1) is 14.0. The molecule has 4 nitrogen and oxygen atoms in total. The van der Waals surface area contributed by atoms with Crippen LogP contribution in [0, 0.1) is 23.7 Å². The van der Waals surface area contributed by atoms with Gasteiger partial charge >= 0.3 is 5.97 Å². The van der Waals surface area contributed by atoms with E-state index in [0.29, 0.717) is 17.8 Å². The number of rotatable bonds is 10. The number of carbonyl (C=O) groups is 1. The molecule has 0 radical (unpaired) electrons. The Morgan fingerprint density at radius 1 is 1.10 bits per heavy atom. The Labute approximate surface area is 172 Å². The summed E-state index contributed by atoms with van der Waals surface area (Å²) in [6, 6.07) is 16.4. The lowest BCUT2D eigenvalue weighted by Crippen LogP contribution is -2.20. The number of carboxylic acids is 1. The summed E-state index contributed by atoms with van der Waals surface area (Å²) in [5, 5.41) is 9.49. The molecule has 2 aliphatic rings. The molecule has 0 heterocycles. The highest BCUT2D eigenvalue weighted by Crippen LogP contribution is 2.47. The van der Waals surface area contributed by atoms with Crippen molar-refractivity contribution < 1.29 is 19.4 Å². The van der Waals surface area contributed by atoms with Crippen LogP contribution in [0.15, 0.2) is 48.5 Å². The van der Waals surface area contributed by atoms with Gasteiger partial charge in [-0.05, 0) is 84.7 Å². The van der Waals surface area contributed by atoms with E-state index >= 15 is 0 Å². The largest absolute Gasteiger partial charge is 0.497 e. The van der Waals surface area contributed by atoms with Crippen LogP contribution in [0.25, 0.3) is 0 Å². The molecule has 4 heteroatoms. The number of aliphatic carboxylic acids is 1. The van der Waals surface area contributed by atoms with Crippen LogP contribution in [-0.4, -0.2) is 24.8 Å². The van der Waals surface area contributed by atoms with E-state index in [0.717, 1.165) is 42.9 Å². The second-order valence-corrected chi connectivity index (χ2v) is 8.69. The predicted molar refractivity (Wildman–Crippen MR) is 112 cm³/mol. The van der Waals surface area contributed by atoms with Gasteiger partial charge in [0.2, 0.25) is 0 Å². The number of hydrogen-bond acceptors (Lipinski definition) is 3. The van der Waals surface area contributed by atoms with Crippen molar-refractivity contribution in [3.05, 3.63) is 59.7 Å². The second kappa shape index (κ2) is 8.48. The fourth-order valence-corrected chi connectivity index (χ4v) is 4.46. The van der Waals surface area contributed by atoms with Gasteiger partial charge in [0.25, 0.3) is 0 Å². The predicted octanol–water partition coefficient (Wildman–Crippen LogP) is 5.17. The Balaban J connectivity index is 1.33. The van der Waals surface area contributed by atoms with E-state index in [1.807, 2.05) is 31.2 Å². The van der Waals surface area contributed by atoms with Gasteiger partial charge in [-0.25, -0.2) is 0 Å². The van der Waals surface area contributed by atoms with E-state index in [1.54, 1.807) is 7.11 Å². The molecular weight excluding hydrogens is 364 g/mol.